The van der Waals surface area contributed by atoms with Crippen molar-refractivity contribution >= 4 is 23.5 Å². The van der Waals surface area contributed by atoms with Gasteiger partial charge in [0.05, 0.1) is 25.2 Å². The highest BCUT2D eigenvalue weighted by atomic mass is 16.6. The van der Waals surface area contributed by atoms with Gasteiger partial charge in [0, 0.05) is 18.8 Å². The first-order valence-electron chi connectivity index (χ1n) is 12.1. The lowest BCUT2D eigenvalue weighted by Crippen LogP contribution is -2.53. The number of rotatable bonds is 10. The standard InChI is InChI=1S/C25H34N2O7/c1-4-24-12-13-25(34-24)18(19(24)23(31)33-5-2)22(30)27(14-6-7-15-28)20(25)21(29)26-16-8-10-17(32-3)11-9-16/h8-11,18-20,28H,4-7,12-15H2,1-3H3,(H,26,29)/t18-,19-,20?,24+,25?/m0/s1. The quantitative estimate of drug-likeness (QED) is 0.394. The Bertz CT molecular complexity index is 936. The fraction of sp³-hybridized carbons (Fsp3) is 0.640. The summed E-state index contributed by atoms with van der Waals surface area (Å²) in [7, 11) is 1.57. The molecule has 1 spiro atoms. The van der Waals surface area contributed by atoms with Gasteiger partial charge in [0.1, 0.15) is 23.3 Å². The van der Waals surface area contributed by atoms with Crippen LogP contribution < -0.4 is 10.1 Å². The van der Waals surface area contributed by atoms with Crippen LogP contribution in [-0.2, 0) is 23.9 Å². The molecule has 0 aliphatic carbocycles. The van der Waals surface area contributed by atoms with Crippen molar-refractivity contribution in [1.29, 1.82) is 0 Å². The highest BCUT2D eigenvalue weighted by Gasteiger charge is 2.78. The predicted octanol–water partition coefficient (Wildman–Crippen LogP) is 2.12. The molecule has 3 saturated heterocycles. The molecule has 4 rings (SSSR count). The molecule has 2 unspecified atom stereocenters. The van der Waals surface area contributed by atoms with E-state index in [0.29, 0.717) is 50.1 Å². The number of benzene rings is 1. The van der Waals surface area contributed by atoms with Crippen molar-refractivity contribution in [2.75, 3.05) is 32.2 Å². The Balaban J connectivity index is 1.69. The first-order valence-corrected chi connectivity index (χ1v) is 12.1. The second-order valence-electron chi connectivity index (χ2n) is 9.27. The first kappa shape index (κ1) is 24.5. The molecule has 3 heterocycles. The number of unbranched alkanes of at least 4 members (excludes halogenated alkanes) is 1. The lowest BCUT2D eigenvalue weighted by Gasteiger charge is -2.33. The molecule has 1 aromatic carbocycles. The van der Waals surface area contributed by atoms with Crippen LogP contribution in [-0.4, -0.2) is 71.9 Å². The number of aliphatic hydroxyl groups excluding tert-OH is 1. The molecule has 2 bridgehead atoms. The van der Waals surface area contributed by atoms with Crippen LogP contribution in [0.3, 0.4) is 0 Å². The zero-order chi connectivity index (χ0) is 24.5. The van der Waals surface area contributed by atoms with E-state index in [9.17, 15) is 19.5 Å². The van der Waals surface area contributed by atoms with Gasteiger partial charge < -0.3 is 29.5 Å². The number of anilines is 1. The molecule has 34 heavy (non-hydrogen) atoms. The van der Waals surface area contributed by atoms with Gasteiger partial charge in [-0.2, -0.15) is 0 Å². The van der Waals surface area contributed by atoms with Crippen molar-refractivity contribution in [1.82, 2.24) is 4.90 Å². The van der Waals surface area contributed by atoms with Gasteiger partial charge in [-0.1, -0.05) is 6.92 Å². The van der Waals surface area contributed by atoms with Crippen molar-refractivity contribution in [2.24, 2.45) is 11.8 Å². The van der Waals surface area contributed by atoms with Crippen LogP contribution in [0.1, 0.15) is 46.0 Å². The summed E-state index contributed by atoms with van der Waals surface area (Å²) in [5.74, 6) is -1.87. The van der Waals surface area contributed by atoms with Crippen LogP contribution in [0.2, 0.25) is 0 Å². The number of likely N-dealkylation sites (tertiary alicyclic amines) is 1. The molecule has 5 atom stereocenters. The molecule has 0 radical (unpaired) electrons. The van der Waals surface area contributed by atoms with E-state index in [1.165, 1.54) is 0 Å². The topological polar surface area (TPSA) is 114 Å². The van der Waals surface area contributed by atoms with E-state index in [-0.39, 0.29) is 25.0 Å². The monoisotopic (exact) mass is 474 g/mol. The zero-order valence-electron chi connectivity index (χ0n) is 20.0. The number of carbonyl (C=O) groups excluding carboxylic acids is 3. The van der Waals surface area contributed by atoms with Crippen LogP contribution in [0.25, 0.3) is 0 Å². The van der Waals surface area contributed by atoms with E-state index >= 15 is 0 Å². The van der Waals surface area contributed by atoms with E-state index in [2.05, 4.69) is 5.32 Å². The summed E-state index contributed by atoms with van der Waals surface area (Å²) in [4.78, 5) is 42.1. The number of methoxy groups -OCH3 is 1. The Kier molecular flexibility index (Phi) is 6.87. The van der Waals surface area contributed by atoms with E-state index < -0.39 is 35.0 Å². The summed E-state index contributed by atoms with van der Waals surface area (Å²) in [6.45, 7) is 4.20. The van der Waals surface area contributed by atoms with Crippen molar-refractivity contribution < 1.29 is 33.7 Å². The Labute approximate surface area is 199 Å². The number of hydrogen-bond acceptors (Lipinski definition) is 7. The Morgan fingerprint density at radius 1 is 1.21 bits per heavy atom. The third-order valence-corrected chi connectivity index (χ3v) is 7.63. The minimum absolute atomic E-state index is 0.000208. The SMILES string of the molecule is CCOC(=O)[C@@H]1[C@H]2C(=O)N(CCCCO)C(C(=O)Nc3ccc(OC)cc3)C23CC[C@@]1(CC)O3. The largest absolute Gasteiger partial charge is 0.497 e. The van der Waals surface area contributed by atoms with Crippen molar-refractivity contribution in [2.45, 2.75) is 63.2 Å². The van der Waals surface area contributed by atoms with Crippen LogP contribution in [0.5, 0.6) is 5.75 Å². The number of ether oxygens (including phenoxy) is 3. The van der Waals surface area contributed by atoms with Gasteiger partial charge in [-0.15, -0.1) is 0 Å². The maximum atomic E-state index is 13.8. The Hall–Kier alpha value is -2.65. The predicted molar refractivity (Wildman–Crippen MR) is 123 cm³/mol. The lowest BCUT2D eigenvalue weighted by molar-refractivity contribution is -0.160. The van der Waals surface area contributed by atoms with Gasteiger partial charge in [-0.3, -0.25) is 14.4 Å². The van der Waals surface area contributed by atoms with Crippen molar-refractivity contribution in [3.63, 3.8) is 0 Å². The fourth-order valence-corrected chi connectivity index (χ4v) is 6.13. The highest BCUT2D eigenvalue weighted by molar-refractivity contribution is 6.03. The second-order valence-corrected chi connectivity index (χ2v) is 9.27. The molecule has 2 amide bonds. The van der Waals surface area contributed by atoms with E-state index in [0.717, 1.165) is 0 Å². The number of aliphatic hydroxyl groups is 1. The summed E-state index contributed by atoms with van der Waals surface area (Å²) in [5, 5.41) is 12.2. The van der Waals surface area contributed by atoms with Gasteiger partial charge in [0.15, 0.2) is 0 Å². The Morgan fingerprint density at radius 3 is 2.56 bits per heavy atom. The summed E-state index contributed by atoms with van der Waals surface area (Å²) < 4.78 is 17.2. The van der Waals surface area contributed by atoms with Gasteiger partial charge >= 0.3 is 5.97 Å². The van der Waals surface area contributed by atoms with E-state index in [1.54, 1.807) is 43.2 Å². The van der Waals surface area contributed by atoms with Crippen molar-refractivity contribution in [3.8, 4) is 5.75 Å². The molecular weight excluding hydrogens is 440 g/mol. The number of nitrogens with one attached hydrogen (secondary N) is 1. The van der Waals surface area contributed by atoms with Crippen molar-refractivity contribution in [3.05, 3.63) is 24.3 Å². The summed E-state index contributed by atoms with van der Waals surface area (Å²) in [6.07, 6.45) is 2.72. The van der Waals surface area contributed by atoms with Crippen LogP contribution >= 0.6 is 0 Å². The summed E-state index contributed by atoms with van der Waals surface area (Å²) >= 11 is 0. The molecule has 1 aromatic rings. The summed E-state index contributed by atoms with van der Waals surface area (Å²) in [5.41, 5.74) is -1.31. The third-order valence-electron chi connectivity index (χ3n) is 7.63. The molecule has 9 nitrogen and oxygen atoms in total. The third kappa shape index (κ3) is 3.75. The number of esters is 1. The van der Waals surface area contributed by atoms with E-state index in [4.69, 9.17) is 14.2 Å². The molecule has 3 aliphatic rings. The van der Waals surface area contributed by atoms with Crippen LogP contribution in [0.15, 0.2) is 24.3 Å². The minimum atomic E-state index is -1.08. The molecule has 9 heteroatoms. The minimum Gasteiger partial charge on any atom is -0.497 e. The number of fused-ring (bicyclic) bond motifs is 1. The van der Waals surface area contributed by atoms with Gasteiger partial charge in [0.2, 0.25) is 11.8 Å². The van der Waals surface area contributed by atoms with Crippen LogP contribution in [0, 0.1) is 11.8 Å². The molecule has 3 fully saturated rings. The van der Waals surface area contributed by atoms with Crippen LogP contribution in [0.4, 0.5) is 5.69 Å². The van der Waals surface area contributed by atoms with Gasteiger partial charge in [-0.25, -0.2) is 0 Å². The number of hydrogen-bond donors (Lipinski definition) is 2. The number of carbonyl (C=O) groups is 3. The molecular formula is C25H34N2O7. The zero-order valence-corrected chi connectivity index (χ0v) is 20.0. The smallest absolute Gasteiger partial charge is 0.312 e. The normalized spacial score (nSPS) is 31.5. The maximum Gasteiger partial charge on any atom is 0.312 e. The average Bonchev–Trinajstić information content (AvgIpc) is 3.44. The summed E-state index contributed by atoms with van der Waals surface area (Å²) in [6, 6.07) is 6.09. The van der Waals surface area contributed by atoms with E-state index in [1.807, 2.05) is 6.92 Å². The maximum absolute atomic E-state index is 13.8. The first-order chi connectivity index (χ1) is 16.4. The van der Waals surface area contributed by atoms with Gasteiger partial charge in [-0.05, 0) is 63.3 Å². The highest BCUT2D eigenvalue weighted by Crippen LogP contribution is 2.64. The molecule has 2 N–H and O–H groups in total. The molecule has 0 aromatic heterocycles. The lowest BCUT2D eigenvalue weighted by atomic mass is 9.65. The Morgan fingerprint density at radius 2 is 1.94 bits per heavy atom. The number of nitrogens with zero attached hydrogens (tertiary/aromatic N) is 1. The molecule has 0 saturated carbocycles. The molecule has 3 aliphatic heterocycles. The fourth-order valence-electron chi connectivity index (χ4n) is 6.13. The second kappa shape index (κ2) is 9.54. The molecule has 186 valence electrons. The number of amides is 2. The van der Waals surface area contributed by atoms with Gasteiger partial charge in [0.25, 0.3) is 0 Å². The average molecular weight is 475 g/mol.